The highest BCUT2D eigenvalue weighted by molar-refractivity contribution is 7.89. The van der Waals surface area contributed by atoms with E-state index in [1.165, 1.54) is 10.4 Å². The molecule has 3 aliphatic heterocycles. The largest absolute Gasteiger partial charge is 0.489 e. The van der Waals surface area contributed by atoms with E-state index in [1.54, 1.807) is 12.1 Å². The number of ether oxygens (including phenoxy) is 3. The van der Waals surface area contributed by atoms with Gasteiger partial charge in [0, 0.05) is 38.8 Å². The molecule has 1 amide bonds. The van der Waals surface area contributed by atoms with Gasteiger partial charge in [0.15, 0.2) is 11.5 Å². The SMILES string of the molecule is CNCC(C(=O)N1CC(=C2CN(S(=O)(=O)c3ccc4c(c3)OCCO4)C2)C1)c1ccc(OC2CC2)c(Cl)c1. The molecule has 3 heterocycles. The lowest BCUT2D eigenvalue weighted by atomic mass is 9.92. The summed E-state index contributed by atoms with van der Waals surface area (Å²) in [7, 11) is -1.81. The van der Waals surface area contributed by atoms with Gasteiger partial charge in [0.1, 0.15) is 19.0 Å². The van der Waals surface area contributed by atoms with Crippen LogP contribution in [0.4, 0.5) is 0 Å². The van der Waals surface area contributed by atoms with Crippen molar-refractivity contribution in [3.05, 3.63) is 58.1 Å². The second-order valence-electron chi connectivity index (χ2n) is 10.1. The first kappa shape index (κ1) is 25.5. The molecule has 2 aromatic rings. The number of likely N-dealkylation sites (tertiary alicyclic amines) is 1. The molecule has 6 rings (SSSR count). The fourth-order valence-electron chi connectivity index (χ4n) is 4.87. The first-order valence-electron chi connectivity index (χ1n) is 12.8. The first-order chi connectivity index (χ1) is 18.3. The Morgan fingerprint density at radius 1 is 1.05 bits per heavy atom. The second-order valence-corrected chi connectivity index (χ2v) is 12.4. The molecular formula is C27H30ClN3O6S. The topological polar surface area (TPSA) is 97.4 Å². The fraction of sp³-hybridized carbons (Fsp3) is 0.444. The van der Waals surface area contributed by atoms with Gasteiger partial charge in [0.25, 0.3) is 0 Å². The molecule has 0 bridgehead atoms. The van der Waals surface area contributed by atoms with E-state index in [1.807, 2.05) is 30.1 Å². The van der Waals surface area contributed by atoms with E-state index < -0.39 is 10.0 Å². The maximum Gasteiger partial charge on any atom is 0.243 e. The third-order valence-electron chi connectivity index (χ3n) is 7.34. The Balaban J connectivity index is 1.08. The van der Waals surface area contributed by atoms with E-state index in [0.29, 0.717) is 68.2 Å². The number of fused-ring (bicyclic) bond motifs is 1. The molecule has 2 aromatic carbocycles. The lowest BCUT2D eigenvalue weighted by molar-refractivity contribution is -0.134. The van der Waals surface area contributed by atoms with Gasteiger partial charge in [-0.05, 0) is 60.9 Å². The van der Waals surface area contributed by atoms with Crippen molar-refractivity contribution in [1.82, 2.24) is 14.5 Å². The van der Waals surface area contributed by atoms with Gasteiger partial charge in [-0.1, -0.05) is 17.7 Å². The summed E-state index contributed by atoms with van der Waals surface area (Å²) in [5, 5.41) is 3.63. The number of carbonyl (C=O) groups excluding carboxylic acids is 1. The lowest BCUT2D eigenvalue weighted by Gasteiger charge is -2.42. The van der Waals surface area contributed by atoms with Crippen LogP contribution in [0.25, 0.3) is 0 Å². The molecule has 38 heavy (non-hydrogen) atoms. The lowest BCUT2D eigenvalue weighted by Crippen LogP contribution is -2.52. The quantitative estimate of drug-likeness (QED) is 0.497. The minimum absolute atomic E-state index is 0.0238. The van der Waals surface area contributed by atoms with Crippen LogP contribution in [0.2, 0.25) is 5.02 Å². The molecule has 0 spiro atoms. The van der Waals surface area contributed by atoms with Crippen LogP contribution in [0.15, 0.2) is 52.4 Å². The zero-order valence-corrected chi connectivity index (χ0v) is 22.7. The summed E-state index contributed by atoms with van der Waals surface area (Å²) in [5.41, 5.74) is 3.05. The van der Waals surface area contributed by atoms with E-state index in [-0.39, 0.29) is 22.8 Å². The van der Waals surface area contributed by atoms with Crippen LogP contribution in [-0.4, -0.2) is 82.6 Å². The number of sulfonamides is 1. The van der Waals surface area contributed by atoms with Gasteiger partial charge in [0.05, 0.1) is 21.9 Å². The van der Waals surface area contributed by atoms with E-state index in [2.05, 4.69) is 5.32 Å². The normalized spacial score (nSPS) is 20.0. The van der Waals surface area contributed by atoms with Crippen molar-refractivity contribution in [3.8, 4) is 17.2 Å². The van der Waals surface area contributed by atoms with Crippen molar-refractivity contribution >= 4 is 27.5 Å². The standard InChI is InChI=1S/C27H30ClN3O6S/c1-29-12-22(17-2-6-24(23(28)10-17)37-20-3-4-20)27(32)30-13-18(14-30)19-15-31(16-19)38(33,34)21-5-7-25-26(11-21)36-9-8-35-25/h2,5-7,10-11,20,22,29H,3-4,8-9,12-16H2,1H3. The molecular weight excluding hydrogens is 530 g/mol. The molecule has 3 fully saturated rings. The van der Waals surface area contributed by atoms with Gasteiger partial charge in [-0.25, -0.2) is 8.42 Å². The smallest absolute Gasteiger partial charge is 0.243 e. The molecule has 9 nitrogen and oxygen atoms in total. The van der Waals surface area contributed by atoms with Crippen molar-refractivity contribution in [3.63, 3.8) is 0 Å². The summed E-state index contributed by atoms with van der Waals surface area (Å²) in [4.78, 5) is 15.4. The third kappa shape index (κ3) is 4.86. The Kier molecular flexibility index (Phi) is 6.75. The Hall–Kier alpha value is -2.79. The molecule has 1 unspecified atom stereocenters. The molecule has 202 valence electrons. The second kappa shape index (κ2) is 10.1. The molecule has 1 saturated carbocycles. The van der Waals surface area contributed by atoms with Crippen LogP contribution >= 0.6 is 11.6 Å². The van der Waals surface area contributed by atoms with Crippen LogP contribution < -0.4 is 19.5 Å². The molecule has 1 aliphatic carbocycles. The number of carbonyl (C=O) groups is 1. The number of likely N-dealkylation sites (N-methyl/N-ethyl adjacent to an activating group) is 1. The highest BCUT2D eigenvalue weighted by Gasteiger charge is 2.39. The highest BCUT2D eigenvalue weighted by Crippen LogP contribution is 2.37. The molecule has 2 saturated heterocycles. The minimum Gasteiger partial charge on any atom is -0.489 e. The van der Waals surface area contributed by atoms with Crippen LogP contribution in [0.5, 0.6) is 17.2 Å². The maximum absolute atomic E-state index is 13.4. The van der Waals surface area contributed by atoms with E-state index >= 15 is 0 Å². The average Bonchev–Trinajstić information content (AvgIpc) is 3.67. The van der Waals surface area contributed by atoms with E-state index in [0.717, 1.165) is 29.6 Å². The predicted octanol–water partition coefficient (Wildman–Crippen LogP) is 2.80. The monoisotopic (exact) mass is 559 g/mol. The molecule has 0 radical (unpaired) electrons. The van der Waals surface area contributed by atoms with Crippen molar-refractivity contribution in [1.29, 1.82) is 0 Å². The van der Waals surface area contributed by atoms with Crippen LogP contribution in [0.1, 0.15) is 24.3 Å². The molecule has 4 aliphatic rings. The van der Waals surface area contributed by atoms with Gasteiger partial charge in [-0.3, -0.25) is 4.79 Å². The van der Waals surface area contributed by atoms with Crippen LogP contribution in [0, 0.1) is 0 Å². The Labute approximate surface area is 227 Å². The van der Waals surface area contributed by atoms with Crippen molar-refractivity contribution in [2.24, 2.45) is 0 Å². The predicted molar refractivity (Wildman–Crippen MR) is 142 cm³/mol. The number of amides is 1. The fourth-order valence-corrected chi connectivity index (χ4v) is 6.55. The van der Waals surface area contributed by atoms with Gasteiger partial charge in [-0.2, -0.15) is 4.31 Å². The van der Waals surface area contributed by atoms with Gasteiger partial charge >= 0.3 is 0 Å². The highest BCUT2D eigenvalue weighted by atomic mass is 35.5. The third-order valence-corrected chi connectivity index (χ3v) is 9.43. The number of halogens is 1. The number of hydrogen-bond donors (Lipinski definition) is 1. The Morgan fingerprint density at radius 3 is 2.45 bits per heavy atom. The van der Waals surface area contributed by atoms with Crippen LogP contribution in [0.3, 0.4) is 0 Å². The number of benzene rings is 2. The molecule has 1 N–H and O–H groups in total. The van der Waals surface area contributed by atoms with Gasteiger partial charge < -0.3 is 24.4 Å². The Bertz CT molecular complexity index is 1390. The number of nitrogens with one attached hydrogen (secondary N) is 1. The van der Waals surface area contributed by atoms with Gasteiger partial charge in [-0.15, -0.1) is 0 Å². The zero-order valence-electron chi connectivity index (χ0n) is 21.1. The maximum atomic E-state index is 13.4. The van der Waals surface area contributed by atoms with Crippen LogP contribution in [-0.2, 0) is 14.8 Å². The molecule has 1 atom stereocenters. The number of nitrogens with zero attached hydrogens (tertiary/aromatic N) is 2. The van der Waals surface area contributed by atoms with Crippen molar-refractivity contribution in [2.45, 2.75) is 29.8 Å². The van der Waals surface area contributed by atoms with E-state index in [4.69, 9.17) is 25.8 Å². The number of rotatable bonds is 8. The van der Waals surface area contributed by atoms with E-state index in [9.17, 15) is 13.2 Å². The first-order valence-corrected chi connectivity index (χ1v) is 14.6. The Morgan fingerprint density at radius 2 is 1.76 bits per heavy atom. The summed E-state index contributed by atoms with van der Waals surface area (Å²) >= 11 is 6.45. The summed E-state index contributed by atoms with van der Waals surface area (Å²) < 4.78 is 44.5. The van der Waals surface area contributed by atoms with Gasteiger partial charge in [0.2, 0.25) is 15.9 Å². The van der Waals surface area contributed by atoms with Crippen molar-refractivity contribution in [2.75, 3.05) is 53.0 Å². The molecule has 0 aromatic heterocycles. The van der Waals surface area contributed by atoms with Crippen molar-refractivity contribution < 1.29 is 27.4 Å². The summed E-state index contributed by atoms with van der Waals surface area (Å²) in [5.74, 6) is 1.32. The zero-order chi connectivity index (χ0) is 26.4. The molecule has 11 heteroatoms. The number of hydrogen-bond acceptors (Lipinski definition) is 7. The summed E-state index contributed by atoms with van der Waals surface area (Å²) in [6, 6.07) is 10.3. The summed E-state index contributed by atoms with van der Waals surface area (Å²) in [6.45, 7) is 3.05. The summed E-state index contributed by atoms with van der Waals surface area (Å²) in [6.07, 6.45) is 2.35. The minimum atomic E-state index is -3.63. The average molecular weight is 560 g/mol.